The molecule has 0 radical (unpaired) electrons. The first-order chi connectivity index (χ1) is 39.1. The summed E-state index contributed by atoms with van der Waals surface area (Å²) in [5.74, 6) is 0. The van der Waals surface area contributed by atoms with E-state index in [0.717, 1.165) is 0 Å². The highest BCUT2D eigenvalue weighted by molar-refractivity contribution is 6.12. The third-order valence-corrected chi connectivity index (χ3v) is 18.1. The van der Waals surface area contributed by atoms with Crippen molar-refractivity contribution in [2.75, 3.05) is 0 Å². The van der Waals surface area contributed by atoms with Crippen molar-refractivity contribution in [2.45, 2.75) is 38.5 Å². The Morgan fingerprint density at radius 3 is 1.24 bits per heavy atom. The molecule has 14 aromatic rings. The molecule has 0 aliphatic heterocycles. The maximum Gasteiger partial charge on any atom is 0.0541 e. The van der Waals surface area contributed by atoms with Crippen LogP contribution in [0.5, 0.6) is 0 Å². The van der Waals surface area contributed by atoms with E-state index in [1.165, 1.54) is 155 Å². The van der Waals surface area contributed by atoms with Gasteiger partial charge in [0.15, 0.2) is 0 Å². The van der Waals surface area contributed by atoms with Crippen LogP contribution in [-0.4, -0.2) is 9.13 Å². The van der Waals surface area contributed by atoms with E-state index >= 15 is 0 Å². The number of para-hydroxylation sites is 3. The number of benzene rings is 12. The molecule has 80 heavy (non-hydrogen) atoms. The van der Waals surface area contributed by atoms with Crippen molar-refractivity contribution >= 4 is 66.5 Å². The van der Waals surface area contributed by atoms with Crippen LogP contribution >= 0.6 is 0 Å². The van der Waals surface area contributed by atoms with Gasteiger partial charge in [0.25, 0.3) is 0 Å². The fraction of sp³-hybridized carbons (Fsp3) is 0.0769. The van der Waals surface area contributed by atoms with Crippen molar-refractivity contribution in [1.82, 2.24) is 9.13 Å². The lowest BCUT2D eigenvalue weighted by atomic mass is 9.79. The minimum atomic E-state index is -0.175. The van der Waals surface area contributed by atoms with Crippen LogP contribution in [-0.2, 0) is 10.8 Å². The number of hydrogen-bond donors (Lipinski definition) is 0. The molecule has 0 spiro atoms. The molecule has 12 aromatic carbocycles. The van der Waals surface area contributed by atoms with E-state index in [0.29, 0.717) is 0 Å². The average molecular weight is 1020 g/mol. The summed E-state index contributed by atoms with van der Waals surface area (Å²) >= 11 is 0. The standard InChI is InChI=1S/C78H56N2/c1-77(2)69-45-55(52-27-24-49(25-28-52)22-23-50-26-40-75-67(42-50)65-18-10-12-20-73(65)79(75)59-16-6-5-7-17-59)30-36-61(69)63-38-32-57(47-71(63)77)58-33-39-64-62-37-31-56(46-70(62)78(3,4)72(64)48-58)54-34-41-76-68(44-54)66-19-11-13-21-74(66)80(76)60-35-29-51-14-8-9-15-53(51)43-60/h5-48H,1-4H3. The van der Waals surface area contributed by atoms with Crippen LogP contribution < -0.4 is 0 Å². The Bertz CT molecular complexity index is 4920. The SMILES string of the molecule is CC1(C)c2cc(-c3ccc(C=Cc4ccc5c(c4)c4ccccc4n5-c4ccccc4)cc3)ccc2-c2ccc(-c3ccc4c(c3)C(C)(C)c3cc(-c5ccc6c(c5)c5ccccc5n6-c5ccc6ccccc6c5)ccc3-4)cc21. The summed E-state index contributed by atoms with van der Waals surface area (Å²) in [6, 6.07) is 95.1. The number of fused-ring (bicyclic) bond motifs is 13. The summed E-state index contributed by atoms with van der Waals surface area (Å²) in [6.07, 6.45) is 4.47. The summed E-state index contributed by atoms with van der Waals surface area (Å²) in [5.41, 5.74) is 27.6. The Hall–Kier alpha value is -9.76. The summed E-state index contributed by atoms with van der Waals surface area (Å²) in [6.45, 7) is 9.61. The smallest absolute Gasteiger partial charge is 0.0541 e. The molecule has 2 heteroatoms. The molecule has 0 amide bonds. The molecule has 0 N–H and O–H groups in total. The lowest BCUT2D eigenvalue weighted by Crippen LogP contribution is -2.15. The van der Waals surface area contributed by atoms with Gasteiger partial charge < -0.3 is 9.13 Å². The fourth-order valence-electron chi connectivity index (χ4n) is 13.9. The molecule has 2 aromatic heterocycles. The van der Waals surface area contributed by atoms with Gasteiger partial charge in [0.2, 0.25) is 0 Å². The van der Waals surface area contributed by atoms with Crippen LogP contribution in [0.3, 0.4) is 0 Å². The normalized spacial score (nSPS) is 13.9. The second kappa shape index (κ2) is 17.4. The molecule has 0 saturated heterocycles. The predicted octanol–water partition coefficient (Wildman–Crippen LogP) is 20.8. The average Bonchev–Trinajstić information content (AvgIpc) is 4.33. The van der Waals surface area contributed by atoms with Gasteiger partial charge in [0.05, 0.1) is 22.1 Å². The van der Waals surface area contributed by atoms with Crippen LogP contribution in [0.15, 0.2) is 255 Å². The minimum Gasteiger partial charge on any atom is -0.309 e. The second-order valence-corrected chi connectivity index (χ2v) is 23.3. The van der Waals surface area contributed by atoms with E-state index in [2.05, 4.69) is 304 Å². The molecule has 0 fully saturated rings. The van der Waals surface area contributed by atoms with Gasteiger partial charge >= 0.3 is 0 Å². The maximum atomic E-state index is 2.47. The zero-order valence-electron chi connectivity index (χ0n) is 45.3. The van der Waals surface area contributed by atoms with Crippen LogP contribution in [0.4, 0.5) is 0 Å². The van der Waals surface area contributed by atoms with Crippen molar-refractivity contribution in [1.29, 1.82) is 0 Å². The quantitative estimate of drug-likeness (QED) is 0.141. The Morgan fingerprint density at radius 2 is 0.662 bits per heavy atom. The van der Waals surface area contributed by atoms with E-state index in [1.807, 2.05) is 0 Å². The Kier molecular flexibility index (Phi) is 10.1. The molecule has 2 heterocycles. The zero-order chi connectivity index (χ0) is 53.4. The lowest BCUT2D eigenvalue weighted by Gasteiger charge is -2.24. The van der Waals surface area contributed by atoms with E-state index in [-0.39, 0.29) is 10.8 Å². The molecule has 2 aliphatic rings. The van der Waals surface area contributed by atoms with Crippen LogP contribution in [0.1, 0.15) is 61.1 Å². The summed E-state index contributed by atoms with van der Waals surface area (Å²) in [4.78, 5) is 0. The molecule has 0 saturated carbocycles. The Morgan fingerprint density at radius 1 is 0.263 bits per heavy atom. The first-order valence-corrected chi connectivity index (χ1v) is 28.1. The van der Waals surface area contributed by atoms with Crippen molar-refractivity contribution in [3.63, 3.8) is 0 Å². The number of hydrogen-bond acceptors (Lipinski definition) is 0. The number of rotatable bonds is 7. The first kappa shape index (κ1) is 46.3. The molecular formula is C78H56N2. The third kappa shape index (κ3) is 7.05. The van der Waals surface area contributed by atoms with E-state index in [1.54, 1.807) is 0 Å². The molecule has 2 aliphatic carbocycles. The molecule has 378 valence electrons. The van der Waals surface area contributed by atoms with Gasteiger partial charge in [-0.25, -0.2) is 0 Å². The van der Waals surface area contributed by atoms with Crippen molar-refractivity contribution < 1.29 is 0 Å². The van der Waals surface area contributed by atoms with Crippen molar-refractivity contribution in [3.8, 4) is 67.0 Å². The topological polar surface area (TPSA) is 9.86 Å². The largest absolute Gasteiger partial charge is 0.309 e. The number of nitrogens with zero attached hydrogens (tertiary/aromatic N) is 2. The van der Waals surface area contributed by atoms with Crippen molar-refractivity contribution in [2.24, 2.45) is 0 Å². The Labute approximate surface area is 466 Å². The minimum absolute atomic E-state index is 0.162. The summed E-state index contributed by atoms with van der Waals surface area (Å²) in [5, 5.41) is 7.56. The molecule has 0 unspecified atom stereocenters. The fourth-order valence-corrected chi connectivity index (χ4v) is 13.9. The van der Waals surface area contributed by atoms with Crippen LogP contribution in [0.25, 0.3) is 134 Å². The van der Waals surface area contributed by atoms with E-state index in [4.69, 9.17) is 0 Å². The summed E-state index contributed by atoms with van der Waals surface area (Å²) in [7, 11) is 0. The number of aromatic nitrogens is 2. The van der Waals surface area contributed by atoms with Gasteiger partial charge in [-0.2, -0.15) is 0 Å². The second-order valence-electron chi connectivity index (χ2n) is 23.3. The van der Waals surface area contributed by atoms with Crippen molar-refractivity contribution in [3.05, 3.63) is 288 Å². The van der Waals surface area contributed by atoms with E-state index < -0.39 is 0 Å². The highest BCUT2D eigenvalue weighted by atomic mass is 15.0. The van der Waals surface area contributed by atoms with Gasteiger partial charge in [-0.1, -0.05) is 210 Å². The predicted molar refractivity (Wildman–Crippen MR) is 339 cm³/mol. The zero-order valence-corrected chi connectivity index (χ0v) is 45.3. The first-order valence-electron chi connectivity index (χ1n) is 28.1. The van der Waals surface area contributed by atoms with Gasteiger partial charge in [0.1, 0.15) is 0 Å². The third-order valence-electron chi connectivity index (χ3n) is 18.1. The monoisotopic (exact) mass is 1020 g/mol. The lowest BCUT2D eigenvalue weighted by molar-refractivity contribution is 0.660. The maximum absolute atomic E-state index is 2.47. The van der Waals surface area contributed by atoms with E-state index in [9.17, 15) is 0 Å². The van der Waals surface area contributed by atoms with Gasteiger partial charge in [0, 0.05) is 43.7 Å². The molecule has 2 nitrogen and oxygen atoms in total. The van der Waals surface area contributed by atoms with Gasteiger partial charge in [-0.05, 0) is 185 Å². The van der Waals surface area contributed by atoms with Crippen LogP contribution in [0, 0.1) is 0 Å². The molecule has 0 atom stereocenters. The molecular weight excluding hydrogens is 965 g/mol. The highest BCUT2D eigenvalue weighted by Gasteiger charge is 2.38. The summed E-state index contributed by atoms with van der Waals surface area (Å²) < 4.78 is 4.79. The van der Waals surface area contributed by atoms with Crippen LogP contribution in [0.2, 0.25) is 0 Å². The molecule has 16 rings (SSSR count). The highest BCUT2D eigenvalue weighted by Crippen LogP contribution is 2.53. The van der Waals surface area contributed by atoms with Gasteiger partial charge in [-0.15, -0.1) is 0 Å². The van der Waals surface area contributed by atoms with Gasteiger partial charge in [-0.3, -0.25) is 0 Å². The Balaban J connectivity index is 0.659. The molecule has 0 bridgehead atoms.